The van der Waals surface area contributed by atoms with E-state index in [2.05, 4.69) is 15.3 Å². The molecule has 0 unspecified atom stereocenters. The minimum absolute atomic E-state index is 0.132. The van der Waals surface area contributed by atoms with Crippen LogP contribution >= 0.6 is 0 Å². The van der Waals surface area contributed by atoms with Gasteiger partial charge < -0.3 is 10.2 Å². The highest BCUT2D eigenvalue weighted by Crippen LogP contribution is 2.13. The Balaban J connectivity index is 1.49. The molecule has 0 atom stereocenters. The standard InChI is InChI=1S/C17H22N4O3S/c22-17(15-5-1-2-6-16(15)21-10-4-8-19-21)18-7-3-9-20-11-13-25(23,24)14-12-20/h1-2,4-6,8,10H,3,7,9,11-14H2,(H,18,22). The van der Waals surface area contributed by atoms with Crippen LogP contribution in [0.2, 0.25) is 0 Å². The monoisotopic (exact) mass is 362 g/mol. The smallest absolute Gasteiger partial charge is 0.253 e. The lowest BCUT2D eigenvalue weighted by atomic mass is 10.1. The summed E-state index contributed by atoms with van der Waals surface area (Å²) >= 11 is 0. The average molecular weight is 362 g/mol. The number of para-hydroxylation sites is 1. The highest BCUT2D eigenvalue weighted by molar-refractivity contribution is 7.91. The van der Waals surface area contributed by atoms with E-state index in [0.29, 0.717) is 25.2 Å². The number of rotatable bonds is 6. The highest BCUT2D eigenvalue weighted by atomic mass is 32.2. The number of hydrogen-bond acceptors (Lipinski definition) is 5. The first-order chi connectivity index (χ1) is 12.1. The molecule has 1 amide bonds. The molecule has 1 aromatic carbocycles. The molecule has 1 aliphatic heterocycles. The zero-order chi connectivity index (χ0) is 17.7. The summed E-state index contributed by atoms with van der Waals surface area (Å²) in [5.74, 6) is 0.333. The molecule has 134 valence electrons. The highest BCUT2D eigenvalue weighted by Gasteiger charge is 2.21. The predicted molar refractivity (Wildman–Crippen MR) is 95.6 cm³/mol. The molecular formula is C17H22N4O3S. The molecule has 3 rings (SSSR count). The fourth-order valence-corrected chi connectivity index (χ4v) is 4.13. The Morgan fingerprint density at radius 2 is 1.92 bits per heavy atom. The maximum Gasteiger partial charge on any atom is 0.253 e. The van der Waals surface area contributed by atoms with Gasteiger partial charge in [-0.3, -0.25) is 4.79 Å². The summed E-state index contributed by atoms with van der Waals surface area (Å²) in [5, 5.41) is 7.11. The molecule has 1 aliphatic rings. The van der Waals surface area contributed by atoms with E-state index >= 15 is 0 Å². The lowest BCUT2D eigenvalue weighted by Gasteiger charge is -2.26. The van der Waals surface area contributed by atoms with Crippen LogP contribution in [0, 0.1) is 0 Å². The van der Waals surface area contributed by atoms with Crippen molar-refractivity contribution in [3.63, 3.8) is 0 Å². The van der Waals surface area contributed by atoms with E-state index in [1.54, 1.807) is 23.1 Å². The average Bonchev–Trinajstić information content (AvgIpc) is 3.14. The van der Waals surface area contributed by atoms with Gasteiger partial charge in [-0.15, -0.1) is 0 Å². The largest absolute Gasteiger partial charge is 0.352 e. The Labute approximate surface area is 147 Å². The van der Waals surface area contributed by atoms with Crippen LogP contribution in [0.5, 0.6) is 0 Å². The second kappa shape index (κ2) is 7.79. The minimum Gasteiger partial charge on any atom is -0.352 e. The molecule has 8 heteroatoms. The Kier molecular flexibility index (Phi) is 5.50. The number of nitrogens with zero attached hydrogens (tertiary/aromatic N) is 3. The van der Waals surface area contributed by atoms with Gasteiger partial charge in [-0.2, -0.15) is 5.10 Å². The third kappa shape index (κ3) is 4.67. The lowest BCUT2D eigenvalue weighted by Crippen LogP contribution is -2.41. The van der Waals surface area contributed by atoms with Gasteiger partial charge in [0.1, 0.15) is 0 Å². The van der Waals surface area contributed by atoms with Crippen molar-refractivity contribution in [3.8, 4) is 5.69 Å². The zero-order valence-electron chi connectivity index (χ0n) is 14.0. The van der Waals surface area contributed by atoms with E-state index in [-0.39, 0.29) is 17.4 Å². The molecule has 0 saturated carbocycles. The van der Waals surface area contributed by atoms with Gasteiger partial charge >= 0.3 is 0 Å². The van der Waals surface area contributed by atoms with Crippen molar-refractivity contribution in [2.75, 3.05) is 37.7 Å². The molecule has 1 saturated heterocycles. The van der Waals surface area contributed by atoms with E-state index in [4.69, 9.17) is 0 Å². The second-order valence-corrected chi connectivity index (χ2v) is 8.37. The Morgan fingerprint density at radius 1 is 1.16 bits per heavy atom. The van der Waals surface area contributed by atoms with Crippen LogP contribution in [0.4, 0.5) is 0 Å². The lowest BCUT2D eigenvalue weighted by molar-refractivity contribution is 0.0951. The normalized spacial score (nSPS) is 17.3. The molecular weight excluding hydrogens is 340 g/mol. The van der Waals surface area contributed by atoms with Gasteiger partial charge in [0.2, 0.25) is 0 Å². The third-order valence-electron chi connectivity index (χ3n) is 4.27. The summed E-state index contributed by atoms with van der Waals surface area (Å²) in [4.78, 5) is 14.6. The van der Waals surface area contributed by atoms with E-state index in [1.165, 1.54) is 0 Å². The van der Waals surface area contributed by atoms with E-state index in [1.807, 2.05) is 24.3 Å². The molecule has 1 aromatic heterocycles. The molecule has 0 radical (unpaired) electrons. The molecule has 0 bridgehead atoms. The van der Waals surface area contributed by atoms with Crippen LogP contribution in [-0.2, 0) is 9.84 Å². The van der Waals surface area contributed by atoms with Gasteiger partial charge in [-0.25, -0.2) is 13.1 Å². The number of aromatic nitrogens is 2. The first-order valence-electron chi connectivity index (χ1n) is 8.35. The van der Waals surface area contributed by atoms with Crippen molar-refractivity contribution in [3.05, 3.63) is 48.3 Å². The van der Waals surface area contributed by atoms with Crippen molar-refractivity contribution in [2.24, 2.45) is 0 Å². The molecule has 25 heavy (non-hydrogen) atoms. The maximum absolute atomic E-state index is 12.5. The predicted octanol–water partition coefficient (Wildman–Crippen LogP) is 0.723. The maximum atomic E-state index is 12.5. The fourth-order valence-electron chi connectivity index (χ4n) is 2.85. The SMILES string of the molecule is O=C(NCCCN1CCS(=O)(=O)CC1)c1ccccc1-n1cccn1. The van der Waals surface area contributed by atoms with Gasteiger partial charge in [0.25, 0.3) is 5.91 Å². The topological polar surface area (TPSA) is 84.3 Å². The number of carbonyl (C=O) groups excluding carboxylic acids is 1. The van der Waals surface area contributed by atoms with Crippen LogP contribution in [-0.4, -0.2) is 66.7 Å². The summed E-state index contributed by atoms with van der Waals surface area (Å²) in [6.45, 7) is 2.50. The number of nitrogens with one attached hydrogen (secondary N) is 1. The summed E-state index contributed by atoms with van der Waals surface area (Å²) < 4.78 is 24.5. The van der Waals surface area contributed by atoms with Crippen molar-refractivity contribution in [1.82, 2.24) is 20.0 Å². The number of sulfone groups is 1. The van der Waals surface area contributed by atoms with Crippen molar-refractivity contribution in [1.29, 1.82) is 0 Å². The summed E-state index contributed by atoms with van der Waals surface area (Å²) in [6.07, 6.45) is 4.26. The van der Waals surface area contributed by atoms with Crippen LogP contribution in [0.15, 0.2) is 42.7 Å². The Hall–Kier alpha value is -2.19. The number of amides is 1. The molecule has 1 N–H and O–H groups in total. The van der Waals surface area contributed by atoms with Crippen molar-refractivity contribution in [2.45, 2.75) is 6.42 Å². The van der Waals surface area contributed by atoms with E-state index in [0.717, 1.165) is 18.7 Å². The first kappa shape index (κ1) is 17.6. The summed E-state index contributed by atoms with van der Waals surface area (Å²) in [6, 6.07) is 9.15. The fraction of sp³-hybridized carbons (Fsp3) is 0.412. The van der Waals surface area contributed by atoms with Gasteiger partial charge in [-0.05, 0) is 31.2 Å². The van der Waals surface area contributed by atoms with E-state index in [9.17, 15) is 13.2 Å². The molecule has 2 heterocycles. The molecule has 0 spiro atoms. The molecule has 7 nitrogen and oxygen atoms in total. The first-order valence-corrected chi connectivity index (χ1v) is 10.2. The number of benzene rings is 1. The van der Waals surface area contributed by atoms with Crippen LogP contribution in [0.3, 0.4) is 0 Å². The number of hydrogen-bond donors (Lipinski definition) is 1. The minimum atomic E-state index is -2.84. The second-order valence-electron chi connectivity index (χ2n) is 6.07. The Morgan fingerprint density at radius 3 is 2.64 bits per heavy atom. The van der Waals surface area contributed by atoms with Gasteiger partial charge in [0, 0.05) is 32.0 Å². The van der Waals surface area contributed by atoms with Gasteiger partial charge in [0.15, 0.2) is 9.84 Å². The summed E-state index contributed by atoms with van der Waals surface area (Å²) in [5.41, 5.74) is 1.32. The van der Waals surface area contributed by atoms with Crippen LogP contribution < -0.4 is 5.32 Å². The zero-order valence-corrected chi connectivity index (χ0v) is 14.8. The van der Waals surface area contributed by atoms with Crippen LogP contribution in [0.1, 0.15) is 16.8 Å². The summed E-state index contributed by atoms with van der Waals surface area (Å²) in [7, 11) is -2.84. The quantitative estimate of drug-likeness (QED) is 0.766. The van der Waals surface area contributed by atoms with Crippen molar-refractivity contribution >= 4 is 15.7 Å². The van der Waals surface area contributed by atoms with Crippen molar-refractivity contribution < 1.29 is 13.2 Å². The molecule has 0 aliphatic carbocycles. The van der Waals surface area contributed by atoms with Gasteiger partial charge in [0.05, 0.1) is 22.8 Å². The number of carbonyl (C=O) groups is 1. The molecule has 2 aromatic rings. The third-order valence-corrected chi connectivity index (χ3v) is 5.88. The van der Waals surface area contributed by atoms with Crippen LogP contribution in [0.25, 0.3) is 5.69 Å². The molecule has 1 fully saturated rings. The Bertz CT molecular complexity index is 804. The van der Waals surface area contributed by atoms with E-state index < -0.39 is 9.84 Å². The van der Waals surface area contributed by atoms with Gasteiger partial charge in [-0.1, -0.05) is 12.1 Å².